The number of carbonyl (C=O) groups is 1. The van der Waals surface area contributed by atoms with Crippen LogP contribution in [0.5, 0.6) is 5.75 Å². The number of hydrogen-bond donors (Lipinski definition) is 1. The fourth-order valence-corrected chi connectivity index (χ4v) is 2.46. The standard InChI is InChI=1S/C17H25NO3/c1-12(2)11-21-15-6-4-14(5-7-15)17(20)18-9-8-16(19)13(3)10-18/h4-7,12-13,16,19H,8-11H2,1-3H3. The molecular formula is C17H25NO3. The van der Waals surface area contributed by atoms with Crippen molar-refractivity contribution in [2.75, 3.05) is 19.7 Å². The summed E-state index contributed by atoms with van der Waals surface area (Å²) in [5.41, 5.74) is 0.676. The lowest BCUT2D eigenvalue weighted by Gasteiger charge is -2.34. The van der Waals surface area contributed by atoms with E-state index < -0.39 is 0 Å². The van der Waals surface area contributed by atoms with Crippen LogP contribution < -0.4 is 4.74 Å². The Morgan fingerprint density at radius 3 is 2.62 bits per heavy atom. The number of likely N-dealkylation sites (tertiary alicyclic amines) is 1. The quantitative estimate of drug-likeness (QED) is 0.927. The molecule has 0 saturated carbocycles. The molecule has 0 aromatic heterocycles. The smallest absolute Gasteiger partial charge is 0.253 e. The molecule has 0 radical (unpaired) electrons. The van der Waals surface area contributed by atoms with E-state index in [-0.39, 0.29) is 17.9 Å². The van der Waals surface area contributed by atoms with E-state index >= 15 is 0 Å². The molecule has 2 atom stereocenters. The summed E-state index contributed by atoms with van der Waals surface area (Å²) in [5.74, 6) is 1.44. The van der Waals surface area contributed by atoms with Gasteiger partial charge in [0.15, 0.2) is 0 Å². The lowest BCUT2D eigenvalue weighted by atomic mass is 9.96. The Hall–Kier alpha value is -1.55. The van der Waals surface area contributed by atoms with Gasteiger partial charge in [-0.2, -0.15) is 0 Å². The van der Waals surface area contributed by atoms with Gasteiger partial charge in [-0.25, -0.2) is 0 Å². The molecule has 0 spiro atoms. The third-order valence-electron chi connectivity index (χ3n) is 3.83. The van der Waals surface area contributed by atoms with Gasteiger partial charge in [-0.15, -0.1) is 0 Å². The second-order valence-corrected chi connectivity index (χ2v) is 6.31. The Labute approximate surface area is 126 Å². The van der Waals surface area contributed by atoms with Crippen LogP contribution in [0.4, 0.5) is 0 Å². The molecule has 21 heavy (non-hydrogen) atoms. The van der Waals surface area contributed by atoms with Crippen molar-refractivity contribution in [3.63, 3.8) is 0 Å². The van der Waals surface area contributed by atoms with E-state index in [0.29, 0.717) is 37.6 Å². The van der Waals surface area contributed by atoms with E-state index in [1.807, 2.05) is 36.1 Å². The van der Waals surface area contributed by atoms with Crippen LogP contribution >= 0.6 is 0 Å². The lowest BCUT2D eigenvalue weighted by Crippen LogP contribution is -2.44. The highest BCUT2D eigenvalue weighted by atomic mass is 16.5. The minimum atomic E-state index is -0.291. The van der Waals surface area contributed by atoms with Gasteiger partial charge in [0.2, 0.25) is 0 Å². The SMILES string of the molecule is CC(C)COc1ccc(C(=O)N2CCC(O)C(C)C2)cc1. The zero-order valence-electron chi connectivity index (χ0n) is 13.1. The second kappa shape index (κ2) is 6.94. The van der Waals surface area contributed by atoms with Crippen molar-refractivity contribution in [2.24, 2.45) is 11.8 Å². The molecule has 1 aromatic carbocycles. The molecule has 1 N–H and O–H groups in total. The number of amides is 1. The Balaban J connectivity index is 1.96. The maximum Gasteiger partial charge on any atom is 0.253 e. The van der Waals surface area contributed by atoms with Crippen LogP contribution in [0.2, 0.25) is 0 Å². The second-order valence-electron chi connectivity index (χ2n) is 6.31. The number of carbonyl (C=O) groups excluding carboxylic acids is 1. The normalized spacial score (nSPS) is 22.4. The molecule has 1 fully saturated rings. The third-order valence-corrected chi connectivity index (χ3v) is 3.83. The highest BCUT2D eigenvalue weighted by Crippen LogP contribution is 2.20. The zero-order valence-corrected chi connectivity index (χ0v) is 13.1. The van der Waals surface area contributed by atoms with Crippen LogP contribution in [0.25, 0.3) is 0 Å². The van der Waals surface area contributed by atoms with Crippen LogP contribution in [0.15, 0.2) is 24.3 Å². The van der Waals surface area contributed by atoms with E-state index in [1.54, 1.807) is 0 Å². The van der Waals surface area contributed by atoms with Gasteiger partial charge in [0.05, 0.1) is 12.7 Å². The van der Waals surface area contributed by atoms with E-state index in [2.05, 4.69) is 13.8 Å². The van der Waals surface area contributed by atoms with Gasteiger partial charge < -0.3 is 14.7 Å². The third kappa shape index (κ3) is 4.21. The maximum atomic E-state index is 12.4. The van der Waals surface area contributed by atoms with Gasteiger partial charge in [-0.1, -0.05) is 20.8 Å². The van der Waals surface area contributed by atoms with Crippen molar-refractivity contribution >= 4 is 5.91 Å². The number of nitrogens with zero attached hydrogens (tertiary/aromatic N) is 1. The number of aliphatic hydroxyl groups excluding tert-OH is 1. The van der Waals surface area contributed by atoms with E-state index in [4.69, 9.17) is 4.74 Å². The molecule has 4 heteroatoms. The fraction of sp³-hybridized carbons (Fsp3) is 0.588. The average molecular weight is 291 g/mol. The molecular weight excluding hydrogens is 266 g/mol. The molecule has 2 rings (SSSR count). The Morgan fingerprint density at radius 2 is 2.05 bits per heavy atom. The molecule has 1 aliphatic heterocycles. The van der Waals surface area contributed by atoms with Gasteiger partial charge in [0.1, 0.15) is 5.75 Å². The molecule has 1 amide bonds. The zero-order chi connectivity index (χ0) is 15.4. The summed E-state index contributed by atoms with van der Waals surface area (Å²) >= 11 is 0. The monoisotopic (exact) mass is 291 g/mol. The Kier molecular flexibility index (Phi) is 5.23. The van der Waals surface area contributed by atoms with Gasteiger partial charge in [0.25, 0.3) is 5.91 Å². The first-order valence-corrected chi connectivity index (χ1v) is 7.67. The number of hydrogen-bond acceptors (Lipinski definition) is 3. The molecule has 1 aliphatic rings. The fourth-order valence-electron chi connectivity index (χ4n) is 2.46. The minimum Gasteiger partial charge on any atom is -0.493 e. The largest absolute Gasteiger partial charge is 0.493 e. The molecule has 4 nitrogen and oxygen atoms in total. The van der Waals surface area contributed by atoms with E-state index in [0.717, 1.165) is 5.75 Å². The summed E-state index contributed by atoms with van der Waals surface area (Å²) in [6, 6.07) is 7.32. The van der Waals surface area contributed by atoms with Crippen molar-refractivity contribution < 1.29 is 14.6 Å². The van der Waals surface area contributed by atoms with Crippen molar-refractivity contribution in [3.05, 3.63) is 29.8 Å². The first-order chi connectivity index (χ1) is 9.97. The summed E-state index contributed by atoms with van der Waals surface area (Å²) in [7, 11) is 0. The van der Waals surface area contributed by atoms with Crippen molar-refractivity contribution in [3.8, 4) is 5.75 Å². The Morgan fingerprint density at radius 1 is 1.38 bits per heavy atom. The topological polar surface area (TPSA) is 49.8 Å². The molecule has 0 aliphatic carbocycles. The molecule has 116 valence electrons. The molecule has 1 saturated heterocycles. The predicted octanol–water partition coefficient (Wildman–Crippen LogP) is 2.56. The maximum absolute atomic E-state index is 12.4. The molecule has 0 bridgehead atoms. The number of piperidine rings is 1. The number of aliphatic hydroxyl groups is 1. The van der Waals surface area contributed by atoms with Crippen molar-refractivity contribution in [2.45, 2.75) is 33.3 Å². The van der Waals surface area contributed by atoms with Gasteiger partial charge in [0, 0.05) is 18.7 Å². The van der Waals surface area contributed by atoms with Crippen molar-refractivity contribution in [1.29, 1.82) is 0 Å². The van der Waals surface area contributed by atoms with E-state index in [9.17, 15) is 9.90 Å². The number of ether oxygens (including phenoxy) is 1. The Bertz CT molecular complexity index is 469. The highest BCUT2D eigenvalue weighted by molar-refractivity contribution is 5.94. The molecule has 2 unspecified atom stereocenters. The van der Waals surface area contributed by atoms with Crippen molar-refractivity contribution in [1.82, 2.24) is 4.90 Å². The lowest BCUT2D eigenvalue weighted by molar-refractivity contribution is 0.0297. The number of rotatable bonds is 4. The van der Waals surface area contributed by atoms with Gasteiger partial charge in [-0.05, 0) is 42.5 Å². The predicted molar refractivity (Wildman–Crippen MR) is 82.5 cm³/mol. The van der Waals surface area contributed by atoms with Crippen LogP contribution in [0.1, 0.15) is 37.6 Å². The summed E-state index contributed by atoms with van der Waals surface area (Å²) in [5, 5.41) is 9.73. The molecule has 1 aromatic rings. The van der Waals surface area contributed by atoms with Crippen LogP contribution in [-0.4, -0.2) is 41.7 Å². The summed E-state index contributed by atoms with van der Waals surface area (Å²) in [6.45, 7) is 8.09. The van der Waals surface area contributed by atoms with Gasteiger partial charge in [-0.3, -0.25) is 4.79 Å². The van der Waals surface area contributed by atoms with Crippen LogP contribution in [0.3, 0.4) is 0 Å². The van der Waals surface area contributed by atoms with Gasteiger partial charge >= 0.3 is 0 Å². The van der Waals surface area contributed by atoms with E-state index in [1.165, 1.54) is 0 Å². The first kappa shape index (κ1) is 15.8. The summed E-state index contributed by atoms with van der Waals surface area (Å²) in [4.78, 5) is 14.3. The van der Waals surface area contributed by atoms with Crippen LogP contribution in [-0.2, 0) is 0 Å². The first-order valence-electron chi connectivity index (χ1n) is 7.67. The molecule has 1 heterocycles. The minimum absolute atomic E-state index is 0.0316. The highest BCUT2D eigenvalue weighted by Gasteiger charge is 2.27. The average Bonchev–Trinajstić information content (AvgIpc) is 2.48. The van der Waals surface area contributed by atoms with Crippen LogP contribution in [0, 0.1) is 11.8 Å². The number of benzene rings is 1. The summed E-state index contributed by atoms with van der Waals surface area (Å²) in [6.07, 6.45) is 0.364. The summed E-state index contributed by atoms with van der Waals surface area (Å²) < 4.78 is 5.62.